The molecule has 1 aromatic rings. The van der Waals surface area contributed by atoms with E-state index in [2.05, 4.69) is 9.71 Å². The molecule has 2 N–H and O–H groups in total. The second-order valence-corrected chi connectivity index (χ2v) is 5.75. The highest BCUT2D eigenvalue weighted by molar-refractivity contribution is 7.89. The van der Waals surface area contributed by atoms with Crippen LogP contribution in [0.1, 0.15) is 0 Å². The van der Waals surface area contributed by atoms with Crippen molar-refractivity contribution in [3.63, 3.8) is 0 Å². The maximum absolute atomic E-state index is 11.9. The molecule has 9 heteroatoms. The molecule has 1 saturated heterocycles. The smallest absolute Gasteiger partial charge is 0.310 e. The van der Waals surface area contributed by atoms with Crippen molar-refractivity contribution in [1.82, 2.24) is 14.3 Å². The van der Waals surface area contributed by atoms with Crippen LogP contribution in [0.25, 0.3) is 0 Å². The number of rotatable bonds is 4. The lowest BCUT2D eigenvalue weighted by molar-refractivity contribution is -0.142. The number of carbonyl (C=O) groups is 1. The standard InChI is InChI=1S/C9H13N3O5S/c1-12-2-8(10-5-12)18(15,16)11-7-4-17-3-6(7)9(13)14/h2,5-7,11H,3-4H2,1H3,(H,13,14). The predicted molar refractivity (Wildman–Crippen MR) is 59.3 cm³/mol. The van der Waals surface area contributed by atoms with Gasteiger partial charge in [0.25, 0.3) is 10.0 Å². The third-order valence-corrected chi connectivity index (χ3v) is 4.04. The Bertz CT molecular complexity index is 552. The third-order valence-electron chi connectivity index (χ3n) is 2.66. The van der Waals surface area contributed by atoms with E-state index in [1.54, 1.807) is 7.05 Å². The SMILES string of the molecule is Cn1cnc(S(=O)(=O)NC2COCC2C(=O)O)c1. The second kappa shape index (κ2) is 4.67. The molecule has 18 heavy (non-hydrogen) atoms. The van der Waals surface area contributed by atoms with Gasteiger partial charge >= 0.3 is 5.97 Å². The number of sulfonamides is 1. The van der Waals surface area contributed by atoms with Gasteiger partial charge in [0, 0.05) is 13.2 Å². The molecular formula is C9H13N3O5S. The normalized spacial score (nSPS) is 24.3. The highest BCUT2D eigenvalue weighted by atomic mass is 32.2. The average molecular weight is 275 g/mol. The Kier molecular flexibility index (Phi) is 3.37. The van der Waals surface area contributed by atoms with E-state index in [4.69, 9.17) is 9.84 Å². The largest absolute Gasteiger partial charge is 0.481 e. The van der Waals surface area contributed by atoms with Crippen molar-refractivity contribution in [2.24, 2.45) is 13.0 Å². The van der Waals surface area contributed by atoms with Crippen molar-refractivity contribution >= 4 is 16.0 Å². The summed E-state index contributed by atoms with van der Waals surface area (Å²) in [5, 5.41) is 8.78. The molecule has 0 bridgehead atoms. The number of hydrogen-bond donors (Lipinski definition) is 2. The van der Waals surface area contributed by atoms with Gasteiger partial charge in [0.05, 0.1) is 31.5 Å². The molecule has 0 radical (unpaired) electrons. The number of imidazole rings is 1. The number of carboxylic acid groups (broad SMARTS) is 1. The highest BCUT2D eigenvalue weighted by Crippen LogP contribution is 2.16. The lowest BCUT2D eigenvalue weighted by Gasteiger charge is -2.14. The van der Waals surface area contributed by atoms with Crippen LogP contribution in [0.5, 0.6) is 0 Å². The Balaban J connectivity index is 2.16. The molecular weight excluding hydrogens is 262 g/mol. The molecule has 1 aliphatic heterocycles. The summed E-state index contributed by atoms with van der Waals surface area (Å²) in [5.74, 6) is -1.95. The molecule has 0 aromatic carbocycles. The monoisotopic (exact) mass is 275 g/mol. The molecule has 0 amide bonds. The summed E-state index contributed by atoms with van der Waals surface area (Å²) in [6.07, 6.45) is 2.70. The van der Waals surface area contributed by atoms with E-state index in [1.165, 1.54) is 17.1 Å². The minimum Gasteiger partial charge on any atom is -0.481 e. The van der Waals surface area contributed by atoms with Crippen LogP contribution in [0.3, 0.4) is 0 Å². The molecule has 1 fully saturated rings. The zero-order chi connectivity index (χ0) is 13.3. The first-order valence-electron chi connectivity index (χ1n) is 5.21. The van der Waals surface area contributed by atoms with Crippen molar-refractivity contribution in [1.29, 1.82) is 0 Å². The predicted octanol–water partition coefficient (Wildman–Crippen LogP) is -1.20. The average Bonchev–Trinajstić information content (AvgIpc) is 2.86. The van der Waals surface area contributed by atoms with E-state index in [9.17, 15) is 13.2 Å². The van der Waals surface area contributed by atoms with Gasteiger partial charge in [-0.15, -0.1) is 0 Å². The van der Waals surface area contributed by atoms with Crippen LogP contribution in [0.2, 0.25) is 0 Å². The molecule has 0 saturated carbocycles. The number of nitrogens with one attached hydrogen (secondary N) is 1. The summed E-state index contributed by atoms with van der Waals surface area (Å²) in [7, 11) is -2.17. The fourth-order valence-corrected chi connectivity index (χ4v) is 2.94. The van der Waals surface area contributed by atoms with Crippen LogP contribution >= 0.6 is 0 Å². The van der Waals surface area contributed by atoms with E-state index >= 15 is 0 Å². The van der Waals surface area contributed by atoms with Crippen LogP contribution in [-0.4, -0.2) is 48.3 Å². The molecule has 2 atom stereocenters. The van der Waals surface area contributed by atoms with Crippen LogP contribution in [0.4, 0.5) is 0 Å². The summed E-state index contributed by atoms with van der Waals surface area (Å²) < 4.78 is 32.7. The molecule has 2 rings (SSSR count). The number of nitrogens with zero attached hydrogens (tertiary/aromatic N) is 2. The summed E-state index contributed by atoms with van der Waals surface area (Å²) in [6.45, 7) is 0.0494. The number of aryl methyl sites for hydroxylation is 1. The Morgan fingerprint density at radius 3 is 2.89 bits per heavy atom. The Morgan fingerprint density at radius 1 is 1.61 bits per heavy atom. The summed E-state index contributed by atoms with van der Waals surface area (Å²) in [4.78, 5) is 14.6. The van der Waals surface area contributed by atoms with Gasteiger partial charge in [0.1, 0.15) is 0 Å². The molecule has 2 unspecified atom stereocenters. The quantitative estimate of drug-likeness (QED) is 0.714. The van der Waals surface area contributed by atoms with Crippen molar-refractivity contribution < 1.29 is 23.1 Å². The maximum atomic E-state index is 11.9. The molecule has 2 heterocycles. The van der Waals surface area contributed by atoms with Gasteiger partial charge in [0.2, 0.25) is 0 Å². The number of aromatic nitrogens is 2. The number of ether oxygens (including phenoxy) is 1. The van der Waals surface area contributed by atoms with Gasteiger partial charge in [-0.05, 0) is 0 Å². The highest BCUT2D eigenvalue weighted by Gasteiger charge is 2.37. The first-order chi connectivity index (χ1) is 8.40. The van der Waals surface area contributed by atoms with Gasteiger partial charge in [-0.3, -0.25) is 4.79 Å². The van der Waals surface area contributed by atoms with Crippen molar-refractivity contribution in [2.75, 3.05) is 13.2 Å². The van der Waals surface area contributed by atoms with Gasteiger partial charge in [0.15, 0.2) is 5.03 Å². The topological polar surface area (TPSA) is 111 Å². The van der Waals surface area contributed by atoms with E-state index in [1.807, 2.05) is 0 Å². The fourth-order valence-electron chi connectivity index (χ4n) is 1.70. The Labute approximate surface area is 104 Å². The Hall–Kier alpha value is -1.45. The van der Waals surface area contributed by atoms with E-state index in [0.717, 1.165) is 0 Å². The minimum atomic E-state index is -3.81. The van der Waals surface area contributed by atoms with Gasteiger partial charge in [-0.1, -0.05) is 0 Å². The summed E-state index contributed by atoms with van der Waals surface area (Å²) in [5.41, 5.74) is 0. The van der Waals surface area contributed by atoms with Crippen molar-refractivity contribution in [3.05, 3.63) is 12.5 Å². The molecule has 0 aliphatic carbocycles. The van der Waals surface area contributed by atoms with E-state index < -0.39 is 28.0 Å². The lowest BCUT2D eigenvalue weighted by Crippen LogP contribution is -2.42. The van der Waals surface area contributed by atoms with Gasteiger partial charge in [-0.25, -0.2) is 18.1 Å². The number of aliphatic carboxylic acids is 1. The second-order valence-electron chi connectivity index (χ2n) is 4.09. The van der Waals surface area contributed by atoms with Crippen molar-refractivity contribution in [2.45, 2.75) is 11.1 Å². The number of carboxylic acids is 1. The van der Waals surface area contributed by atoms with Crippen LogP contribution < -0.4 is 4.72 Å². The summed E-state index contributed by atoms with van der Waals surface area (Å²) >= 11 is 0. The fraction of sp³-hybridized carbons (Fsp3) is 0.556. The van der Waals surface area contributed by atoms with E-state index in [0.29, 0.717) is 0 Å². The summed E-state index contributed by atoms with van der Waals surface area (Å²) in [6, 6.07) is -0.769. The maximum Gasteiger partial charge on any atom is 0.310 e. The van der Waals surface area contributed by atoms with Crippen molar-refractivity contribution in [3.8, 4) is 0 Å². The third kappa shape index (κ3) is 2.52. The molecule has 0 spiro atoms. The zero-order valence-corrected chi connectivity index (χ0v) is 10.4. The lowest BCUT2D eigenvalue weighted by atomic mass is 10.1. The van der Waals surface area contributed by atoms with E-state index in [-0.39, 0.29) is 18.2 Å². The molecule has 100 valence electrons. The molecule has 1 aromatic heterocycles. The van der Waals surface area contributed by atoms with Crippen LogP contribution in [0, 0.1) is 5.92 Å². The first kappa shape index (κ1) is 13.0. The number of hydrogen-bond acceptors (Lipinski definition) is 5. The zero-order valence-electron chi connectivity index (χ0n) is 9.61. The minimum absolute atomic E-state index is 0.00470. The Morgan fingerprint density at radius 2 is 2.33 bits per heavy atom. The first-order valence-corrected chi connectivity index (χ1v) is 6.69. The molecule has 1 aliphatic rings. The van der Waals surface area contributed by atoms with Crippen LogP contribution in [0.15, 0.2) is 17.6 Å². The van der Waals surface area contributed by atoms with Gasteiger partial charge < -0.3 is 14.4 Å². The molecule has 8 nitrogen and oxygen atoms in total. The van der Waals surface area contributed by atoms with Crippen LogP contribution in [-0.2, 0) is 26.6 Å². The van der Waals surface area contributed by atoms with Gasteiger partial charge in [-0.2, -0.15) is 0 Å².